The smallest absolute Gasteiger partial charge is 0.283 e. The monoisotopic (exact) mass is 539 g/mol. The third-order valence-electron chi connectivity index (χ3n) is 6.27. The predicted molar refractivity (Wildman–Crippen MR) is 135 cm³/mol. The van der Waals surface area contributed by atoms with Gasteiger partial charge in [-0.1, -0.05) is 23.9 Å². The molecule has 0 spiro atoms. The van der Waals surface area contributed by atoms with Crippen molar-refractivity contribution in [3.63, 3.8) is 0 Å². The maximum absolute atomic E-state index is 12.2. The summed E-state index contributed by atoms with van der Waals surface area (Å²) in [5, 5.41) is 2.28. The molecule has 0 radical (unpaired) electrons. The summed E-state index contributed by atoms with van der Waals surface area (Å²) in [5.74, 6) is -1.37. The Morgan fingerprint density at radius 2 is 1.71 bits per heavy atom. The van der Waals surface area contributed by atoms with Crippen LogP contribution in [0, 0.1) is 5.92 Å². The number of sulfone groups is 1. The van der Waals surface area contributed by atoms with E-state index >= 15 is 0 Å². The lowest BCUT2D eigenvalue weighted by molar-refractivity contribution is -0.126. The molecular formula is C23H29N3O6S3. The van der Waals surface area contributed by atoms with Gasteiger partial charge in [0.2, 0.25) is 5.91 Å². The fourth-order valence-corrected chi connectivity index (χ4v) is 6.50. The van der Waals surface area contributed by atoms with Gasteiger partial charge in [0.05, 0.1) is 16.3 Å². The standard InChI is InChI=1S/C23H29N3O6S3/c1-34(28,29)18-7-8-22-20(15-18)26(19-5-2-3-6-21(19)33-22)12-4-11-25-13-9-17(10-14-25)23(27)24-16-35(30,31)32/h2-3,5-8,15,17H,4,9-14,16H2,1H3,(H,24,27)(H,30,31,32). The van der Waals surface area contributed by atoms with E-state index in [0.717, 1.165) is 47.2 Å². The number of anilines is 2. The number of piperidine rings is 1. The van der Waals surface area contributed by atoms with E-state index in [1.54, 1.807) is 23.9 Å². The predicted octanol–water partition coefficient (Wildman–Crippen LogP) is 2.76. The molecule has 1 saturated heterocycles. The Kier molecular flexibility index (Phi) is 7.77. The molecule has 0 bridgehead atoms. The second kappa shape index (κ2) is 10.5. The van der Waals surface area contributed by atoms with Gasteiger partial charge in [-0.25, -0.2) is 8.42 Å². The first-order valence-corrected chi connectivity index (χ1v) is 15.7. The van der Waals surface area contributed by atoms with E-state index in [0.29, 0.717) is 24.3 Å². The number of fused-ring (bicyclic) bond motifs is 2. The fourth-order valence-electron chi connectivity index (χ4n) is 4.46. The summed E-state index contributed by atoms with van der Waals surface area (Å²) in [5.41, 5.74) is 1.95. The van der Waals surface area contributed by atoms with Gasteiger partial charge in [0.15, 0.2) is 9.84 Å². The van der Waals surface area contributed by atoms with E-state index in [1.807, 2.05) is 18.2 Å². The van der Waals surface area contributed by atoms with Crippen LogP contribution in [0.1, 0.15) is 19.3 Å². The maximum atomic E-state index is 12.2. The number of nitrogens with one attached hydrogen (secondary N) is 1. The van der Waals surface area contributed by atoms with Crippen LogP contribution < -0.4 is 10.2 Å². The highest BCUT2D eigenvalue weighted by molar-refractivity contribution is 7.99. The van der Waals surface area contributed by atoms with E-state index in [-0.39, 0.29) is 11.8 Å². The molecule has 0 unspecified atom stereocenters. The molecule has 2 aromatic rings. The number of hydrogen-bond acceptors (Lipinski definition) is 8. The van der Waals surface area contributed by atoms with Crippen molar-refractivity contribution >= 4 is 49.0 Å². The first-order valence-electron chi connectivity index (χ1n) is 11.3. The molecule has 4 rings (SSSR count). The SMILES string of the molecule is CS(=O)(=O)c1ccc2c(c1)N(CCCN1CCC(C(=O)NCS(=O)(=O)O)CC1)c1ccccc1S2. The number of likely N-dealkylation sites (tertiary alicyclic amines) is 1. The first kappa shape index (κ1) is 26.0. The highest BCUT2D eigenvalue weighted by Gasteiger charge is 2.27. The van der Waals surface area contributed by atoms with E-state index in [2.05, 4.69) is 27.2 Å². The topological polar surface area (TPSA) is 124 Å². The number of hydrogen-bond donors (Lipinski definition) is 2. The lowest BCUT2D eigenvalue weighted by Gasteiger charge is -2.35. The lowest BCUT2D eigenvalue weighted by atomic mass is 9.96. The molecule has 9 nitrogen and oxygen atoms in total. The van der Waals surface area contributed by atoms with E-state index in [9.17, 15) is 21.6 Å². The zero-order valence-corrected chi connectivity index (χ0v) is 21.8. The van der Waals surface area contributed by atoms with Crippen LogP contribution in [-0.2, 0) is 24.7 Å². The number of carbonyl (C=O) groups is 1. The summed E-state index contributed by atoms with van der Waals surface area (Å²) in [4.78, 5) is 19.1. The Balaban J connectivity index is 1.38. The van der Waals surface area contributed by atoms with Crippen molar-refractivity contribution in [2.24, 2.45) is 5.92 Å². The van der Waals surface area contributed by atoms with E-state index < -0.39 is 25.8 Å². The number of para-hydroxylation sites is 1. The second-order valence-electron chi connectivity index (χ2n) is 8.86. The van der Waals surface area contributed by atoms with Crippen molar-refractivity contribution in [2.45, 2.75) is 33.9 Å². The summed E-state index contributed by atoms with van der Waals surface area (Å²) in [6.45, 7) is 3.00. The zero-order valence-electron chi connectivity index (χ0n) is 19.4. The van der Waals surface area contributed by atoms with Crippen molar-refractivity contribution < 1.29 is 26.2 Å². The van der Waals surface area contributed by atoms with Crippen LogP contribution in [-0.4, -0.2) is 70.5 Å². The zero-order chi connectivity index (χ0) is 25.2. The van der Waals surface area contributed by atoms with Gasteiger partial charge in [-0.05, 0) is 69.2 Å². The third-order valence-corrected chi connectivity index (χ3v) is 9.02. The van der Waals surface area contributed by atoms with Crippen molar-refractivity contribution in [3.8, 4) is 0 Å². The molecule has 190 valence electrons. The molecule has 2 aromatic carbocycles. The first-order chi connectivity index (χ1) is 16.5. The van der Waals surface area contributed by atoms with Gasteiger partial charge in [0, 0.05) is 28.5 Å². The molecule has 0 aromatic heterocycles. The minimum atomic E-state index is -4.23. The van der Waals surface area contributed by atoms with E-state index in [1.165, 1.54) is 6.26 Å². The van der Waals surface area contributed by atoms with Gasteiger partial charge in [-0.3, -0.25) is 9.35 Å². The molecule has 0 aliphatic carbocycles. The van der Waals surface area contributed by atoms with Crippen molar-refractivity contribution in [1.29, 1.82) is 0 Å². The number of carbonyl (C=O) groups excluding carboxylic acids is 1. The average molecular weight is 540 g/mol. The lowest BCUT2D eigenvalue weighted by Crippen LogP contribution is -2.42. The molecule has 2 aliphatic rings. The van der Waals surface area contributed by atoms with Crippen LogP contribution in [0.25, 0.3) is 0 Å². The fraction of sp³-hybridized carbons (Fsp3) is 0.435. The summed E-state index contributed by atoms with van der Waals surface area (Å²) < 4.78 is 54.8. The summed E-state index contributed by atoms with van der Waals surface area (Å²) >= 11 is 1.64. The highest BCUT2D eigenvalue weighted by atomic mass is 32.2. The average Bonchev–Trinajstić information content (AvgIpc) is 2.81. The molecular weight excluding hydrogens is 510 g/mol. The Hall–Kier alpha value is -2.12. The molecule has 0 atom stereocenters. The minimum Gasteiger partial charge on any atom is -0.340 e. The van der Waals surface area contributed by atoms with Crippen LogP contribution in [0.15, 0.2) is 57.2 Å². The van der Waals surface area contributed by atoms with Crippen LogP contribution in [0.2, 0.25) is 0 Å². The van der Waals surface area contributed by atoms with E-state index in [4.69, 9.17) is 4.55 Å². The van der Waals surface area contributed by atoms with Crippen LogP contribution in [0.4, 0.5) is 11.4 Å². The molecule has 2 aliphatic heterocycles. The van der Waals surface area contributed by atoms with Gasteiger partial charge in [0.1, 0.15) is 5.88 Å². The molecule has 2 heterocycles. The molecule has 2 N–H and O–H groups in total. The van der Waals surface area contributed by atoms with Crippen molar-refractivity contribution in [3.05, 3.63) is 42.5 Å². The van der Waals surface area contributed by atoms with Gasteiger partial charge in [-0.15, -0.1) is 0 Å². The molecule has 0 saturated carbocycles. The van der Waals surface area contributed by atoms with Gasteiger partial charge in [-0.2, -0.15) is 8.42 Å². The molecule has 1 fully saturated rings. The quantitative estimate of drug-likeness (QED) is 0.487. The number of rotatable bonds is 8. The Labute approximate surface area is 210 Å². The number of amides is 1. The summed E-state index contributed by atoms with van der Waals surface area (Å²) in [6.07, 6.45) is 3.32. The van der Waals surface area contributed by atoms with Crippen LogP contribution >= 0.6 is 11.8 Å². The third kappa shape index (κ3) is 6.56. The van der Waals surface area contributed by atoms with Crippen molar-refractivity contribution in [2.75, 3.05) is 43.2 Å². The number of benzene rings is 2. The molecule has 1 amide bonds. The molecule has 12 heteroatoms. The minimum absolute atomic E-state index is 0.264. The summed E-state index contributed by atoms with van der Waals surface area (Å²) in [6, 6.07) is 13.4. The van der Waals surface area contributed by atoms with Gasteiger partial charge < -0.3 is 15.1 Å². The van der Waals surface area contributed by atoms with Gasteiger partial charge >= 0.3 is 0 Å². The Morgan fingerprint density at radius 3 is 2.40 bits per heavy atom. The number of nitrogens with zero attached hydrogens (tertiary/aromatic N) is 2. The Bertz CT molecular complexity index is 1310. The summed E-state index contributed by atoms with van der Waals surface area (Å²) in [7, 11) is -7.55. The largest absolute Gasteiger partial charge is 0.340 e. The second-order valence-corrected chi connectivity index (χ2v) is 13.4. The normalized spacial score (nSPS) is 17.0. The Morgan fingerprint density at radius 1 is 1.03 bits per heavy atom. The van der Waals surface area contributed by atoms with Crippen LogP contribution in [0.5, 0.6) is 0 Å². The highest BCUT2D eigenvalue weighted by Crippen LogP contribution is 2.48. The van der Waals surface area contributed by atoms with Crippen LogP contribution in [0.3, 0.4) is 0 Å². The molecule has 35 heavy (non-hydrogen) atoms. The van der Waals surface area contributed by atoms with Crippen molar-refractivity contribution in [1.82, 2.24) is 10.2 Å². The van der Waals surface area contributed by atoms with Gasteiger partial charge in [0.25, 0.3) is 10.1 Å². The maximum Gasteiger partial charge on any atom is 0.283 e.